The third-order valence-corrected chi connectivity index (χ3v) is 3.11. The molecule has 0 radical (unpaired) electrons. The van der Waals surface area contributed by atoms with Gasteiger partial charge in [-0.3, -0.25) is 0 Å². The molecule has 1 heterocycles. The average Bonchev–Trinajstić information content (AvgIpc) is 2.62. The maximum absolute atomic E-state index is 5.89. The monoisotopic (exact) mass is 212 g/mol. The van der Waals surface area contributed by atoms with Crippen molar-refractivity contribution in [1.29, 1.82) is 0 Å². The molecular weight excluding hydrogens is 195 g/mol. The summed E-state index contributed by atoms with van der Waals surface area (Å²) in [6.45, 7) is 1.21. The lowest BCUT2D eigenvalue weighted by Gasteiger charge is -2.36. The van der Waals surface area contributed by atoms with Gasteiger partial charge in [0, 0.05) is 11.6 Å². The van der Waals surface area contributed by atoms with Gasteiger partial charge >= 0.3 is 0 Å². The van der Waals surface area contributed by atoms with Gasteiger partial charge in [-0.2, -0.15) is 0 Å². The molecule has 2 nitrogen and oxygen atoms in total. The van der Waals surface area contributed by atoms with Gasteiger partial charge in [0.2, 0.25) is 0 Å². The fraction of sp³-hybridized carbons (Fsp3) is 1.00. The van der Waals surface area contributed by atoms with E-state index in [9.17, 15) is 0 Å². The topological polar surface area (TPSA) is 29.3 Å². The lowest BCUT2D eigenvalue weighted by atomic mass is 9.97. The predicted molar refractivity (Wildman–Crippen MR) is 56.3 cm³/mol. The minimum absolute atomic E-state index is 0. The Morgan fingerprint density at radius 3 is 2.33 bits per heavy atom. The van der Waals surface area contributed by atoms with E-state index in [-0.39, 0.29) is 24.8 Å². The molecule has 12 heavy (non-hydrogen) atoms. The van der Waals surface area contributed by atoms with Gasteiger partial charge in [0.05, 0.1) is 0 Å². The van der Waals surface area contributed by atoms with E-state index in [1.54, 1.807) is 0 Å². The van der Waals surface area contributed by atoms with Gasteiger partial charge in [0.25, 0.3) is 0 Å². The van der Waals surface area contributed by atoms with Crippen molar-refractivity contribution >= 4 is 24.8 Å². The standard InChI is InChI=1S/C8H16N2.2ClH/c1-10-5-2-7(9)6-8(10)3-4-8;;/h7H,2-6,9H2,1H3;2*1H. The highest BCUT2D eigenvalue weighted by Crippen LogP contribution is 2.46. The van der Waals surface area contributed by atoms with Crippen LogP contribution in [-0.4, -0.2) is 30.1 Å². The maximum atomic E-state index is 5.89. The number of piperidine rings is 1. The van der Waals surface area contributed by atoms with Gasteiger partial charge in [-0.15, -0.1) is 24.8 Å². The van der Waals surface area contributed by atoms with E-state index in [2.05, 4.69) is 11.9 Å². The Kier molecular flexibility index (Phi) is 4.31. The third-order valence-electron chi connectivity index (χ3n) is 3.11. The van der Waals surface area contributed by atoms with Crippen molar-refractivity contribution in [1.82, 2.24) is 4.90 Å². The van der Waals surface area contributed by atoms with Crippen LogP contribution in [0.1, 0.15) is 25.7 Å². The molecular formula is C8H18Cl2N2. The van der Waals surface area contributed by atoms with Gasteiger partial charge < -0.3 is 10.6 Å². The molecule has 1 aliphatic heterocycles. The Hall–Kier alpha value is 0.500. The normalized spacial score (nSPS) is 32.0. The highest BCUT2D eigenvalue weighted by atomic mass is 35.5. The Morgan fingerprint density at radius 2 is 1.92 bits per heavy atom. The van der Waals surface area contributed by atoms with E-state index in [0.29, 0.717) is 11.6 Å². The number of likely N-dealkylation sites (tertiary alicyclic amines) is 1. The van der Waals surface area contributed by atoms with Gasteiger partial charge in [-0.1, -0.05) is 0 Å². The van der Waals surface area contributed by atoms with Crippen LogP contribution in [0.2, 0.25) is 0 Å². The second kappa shape index (κ2) is 4.14. The predicted octanol–water partition coefficient (Wildman–Crippen LogP) is 1.42. The maximum Gasteiger partial charge on any atom is 0.0222 e. The van der Waals surface area contributed by atoms with Crippen LogP contribution >= 0.6 is 24.8 Å². The first-order chi connectivity index (χ1) is 4.73. The first kappa shape index (κ1) is 12.5. The van der Waals surface area contributed by atoms with E-state index in [4.69, 9.17) is 5.73 Å². The van der Waals surface area contributed by atoms with Crippen LogP contribution in [0.3, 0.4) is 0 Å². The summed E-state index contributed by atoms with van der Waals surface area (Å²) >= 11 is 0. The number of hydrogen-bond acceptors (Lipinski definition) is 2. The molecule has 0 aromatic carbocycles. The summed E-state index contributed by atoms with van der Waals surface area (Å²) in [6.07, 6.45) is 5.20. The van der Waals surface area contributed by atoms with E-state index in [1.165, 1.54) is 32.2 Å². The molecule has 4 heteroatoms. The quantitative estimate of drug-likeness (QED) is 0.659. The van der Waals surface area contributed by atoms with Crippen molar-refractivity contribution in [3.8, 4) is 0 Å². The van der Waals surface area contributed by atoms with Crippen molar-refractivity contribution in [3.05, 3.63) is 0 Å². The van der Waals surface area contributed by atoms with Crippen LogP contribution in [0, 0.1) is 0 Å². The molecule has 2 N–H and O–H groups in total. The molecule has 1 aliphatic carbocycles. The summed E-state index contributed by atoms with van der Waals surface area (Å²) in [7, 11) is 2.24. The highest BCUT2D eigenvalue weighted by Gasteiger charge is 2.48. The molecule has 2 rings (SSSR count). The summed E-state index contributed by atoms with van der Waals surface area (Å²) in [5.41, 5.74) is 6.45. The lowest BCUT2D eigenvalue weighted by molar-refractivity contribution is 0.151. The molecule has 2 aliphatic rings. The zero-order chi connectivity index (χ0) is 7.19. The first-order valence-electron chi connectivity index (χ1n) is 4.20. The van der Waals surface area contributed by atoms with Crippen LogP contribution in [0.25, 0.3) is 0 Å². The number of rotatable bonds is 0. The Labute approximate surface area is 86.7 Å². The Balaban J connectivity index is 0.000000605. The van der Waals surface area contributed by atoms with E-state index < -0.39 is 0 Å². The number of hydrogen-bond donors (Lipinski definition) is 1. The number of nitrogens with zero attached hydrogens (tertiary/aromatic N) is 1. The van der Waals surface area contributed by atoms with Crippen molar-refractivity contribution in [3.63, 3.8) is 0 Å². The molecule has 1 atom stereocenters. The fourth-order valence-electron chi connectivity index (χ4n) is 2.07. The third kappa shape index (κ3) is 2.05. The minimum atomic E-state index is 0. The zero-order valence-electron chi connectivity index (χ0n) is 7.45. The smallest absolute Gasteiger partial charge is 0.0222 e. The molecule has 2 fully saturated rings. The lowest BCUT2D eigenvalue weighted by Crippen LogP contribution is -2.46. The number of nitrogens with two attached hydrogens (primary N) is 1. The molecule has 1 saturated heterocycles. The van der Waals surface area contributed by atoms with Gasteiger partial charge in [-0.25, -0.2) is 0 Å². The van der Waals surface area contributed by atoms with Crippen LogP contribution in [0.4, 0.5) is 0 Å². The number of halogens is 2. The van der Waals surface area contributed by atoms with Crippen LogP contribution in [0.15, 0.2) is 0 Å². The summed E-state index contributed by atoms with van der Waals surface area (Å²) in [6, 6.07) is 0.485. The SMILES string of the molecule is CN1CCC(N)CC12CC2.Cl.Cl. The van der Waals surface area contributed by atoms with Crippen molar-refractivity contribution < 1.29 is 0 Å². The largest absolute Gasteiger partial charge is 0.328 e. The van der Waals surface area contributed by atoms with Crippen molar-refractivity contribution in [2.75, 3.05) is 13.6 Å². The molecule has 1 unspecified atom stereocenters. The van der Waals surface area contributed by atoms with Crippen LogP contribution < -0.4 is 5.73 Å². The molecule has 0 aromatic heterocycles. The van der Waals surface area contributed by atoms with Gasteiger partial charge in [0.15, 0.2) is 0 Å². The van der Waals surface area contributed by atoms with Gasteiger partial charge in [0.1, 0.15) is 0 Å². The fourth-order valence-corrected chi connectivity index (χ4v) is 2.07. The molecule has 0 aromatic rings. The van der Waals surface area contributed by atoms with Crippen LogP contribution in [-0.2, 0) is 0 Å². The first-order valence-corrected chi connectivity index (χ1v) is 4.20. The summed E-state index contributed by atoms with van der Waals surface area (Å²) in [5.74, 6) is 0. The second-order valence-corrected chi connectivity index (χ2v) is 3.90. The van der Waals surface area contributed by atoms with Crippen molar-refractivity contribution in [2.45, 2.75) is 37.3 Å². The van der Waals surface area contributed by atoms with Crippen molar-refractivity contribution in [2.24, 2.45) is 5.73 Å². The van der Waals surface area contributed by atoms with E-state index in [0.717, 1.165) is 0 Å². The summed E-state index contributed by atoms with van der Waals surface area (Å²) in [5, 5.41) is 0. The second-order valence-electron chi connectivity index (χ2n) is 3.90. The van der Waals surface area contributed by atoms with E-state index in [1.807, 2.05) is 0 Å². The summed E-state index contributed by atoms with van der Waals surface area (Å²) < 4.78 is 0. The molecule has 1 saturated carbocycles. The Morgan fingerprint density at radius 1 is 1.33 bits per heavy atom. The van der Waals surface area contributed by atoms with Gasteiger partial charge in [-0.05, 0) is 39.3 Å². The molecule has 0 bridgehead atoms. The average molecular weight is 213 g/mol. The van der Waals surface area contributed by atoms with E-state index >= 15 is 0 Å². The Bertz CT molecular complexity index is 148. The minimum Gasteiger partial charge on any atom is -0.328 e. The zero-order valence-corrected chi connectivity index (χ0v) is 9.09. The van der Waals surface area contributed by atoms with Crippen LogP contribution in [0.5, 0.6) is 0 Å². The molecule has 74 valence electrons. The highest BCUT2D eigenvalue weighted by molar-refractivity contribution is 5.85. The molecule has 0 amide bonds. The molecule has 1 spiro atoms. The summed E-state index contributed by atoms with van der Waals surface area (Å²) in [4.78, 5) is 2.50.